The number of halogens is 2. The van der Waals surface area contributed by atoms with E-state index in [1.807, 2.05) is 13.8 Å². The first-order chi connectivity index (χ1) is 3.68. The van der Waals surface area contributed by atoms with E-state index >= 15 is 0 Å². The predicted molar refractivity (Wildman–Crippen MR) is 36.5 cm³/mol. The molecular formula is C3H8Cl2NPTi. The van der Waals surface area contributed by atoms with Crippen molar-refractivity contribution in [1.82, 2.24) is 0 Å². The molecule has 0 amide bonds. The van der Waals surface area contributed by atoms with Crippen molar-refractivity contribution >= 4 is 27.0 Å². The molecule has 0 aliphatic carbocycles. The zero-order valence-electron chi connectivity index (χ0n) is 4.78. The Morgan fingerprint density at radius 1 is 1.50 bits per heavy atom. The van der Waals surface area contributed by atoms with E-state index in [0.29, 0.717) is 5.66 Å². The standard InChI is InChI=1S/C3H8NP.2ClH.Ti/c1-3(2)5-4;;;/h3-4H,1-2H3;2*1H;/q;;;+2/p-2. The van der Waals surface area contributed by atoms with E-state index in [4.69, 9.17) is 23.8 Å². The Labute approximate surface area is 68.5 Å². The second-order valence-electron chi connectivity index (χ2n) is 1.29. The monoisotopic (exact) mass is 207 g/mol. The van der Waals surface area contributed by atoms with Crippen LogP contribution in [-0.2, 0) is 17.0 Å². The molecule has 0 aromatic carbocycles. The zero-order chi connectivity index (χ0) is 6.99. The summed E-state index contributed by atoms with van der Waals surface area (Å²) >= 11 is -0.556. The summed E-state index contributed by atoms with van der Waals surface area (Å²) in [4.78, 5) is 0. The van der Waals surface area contributed by atoms with Crippen molar-refractivity contribution in [3.8, 4) is 0 Å². The molecule has 48 valence electrons. The molecule has 0 heterocycles. The van der Waals surface area contributed by atoms with Gasteiger partial charge in [0.1, 0.15) is 0 Å². The normalized spacial score (nSPS) is 8.12. The Bertz CT molecular complexity index is 52.5. The molecule has 0 radical (unpaired) electrons. The van der Waals surface area contributed by atoms with E-state index in [1.165, 1.54) is 0 Å². The third kappa shape index (κ3) is 26.2. The second kappa shape index (κ2) is 11.2. The van der Waals surface area contributed by atoms with Crippen LogP contribution in [0.2, 0.25) is 0 Å². The van der Waals surface area contributed by atoms with Crippen LogP contribution >= 0.6 is 27.0 Å². The van der Waals surface area contributed by atoms with Crippen LogP contribution in [0.4, 0.5) is 0 Å². The summed E-state index contributed by atoms with van der Waals surface area (Å²) in [7, 11) is 10.5. The fraction of sp³-hybridized carbons (Fsp3) is 1.00. The van der Waals surface area contributed by atoms with E-state index in [2.05, 4.69) is 0 Å². The molecule has 0 aromatic rings. The number of hydrogen-bond donors (Lipinski definition) is 1. The summed E-state index contributed by atoms with van der Waals surface area (Å²) in [5, 5.41) is 6.63. The Morgan fingerprint density at radius 2 is 1.62 bits per heavy atom. The summed E-state index contributed by atoms with van der Waals surface area (Å²) in [6.07, 6.45) is 0. The summed E-state index contributed by atoms with van der Waals surface area (Å²) in [5.74, 6) is 0. The van der Waals surface area contributed by atoms with Crippen molar-refractivity contribution in [2.45, 2.75) is 19.5 Å². The maximum atomic E-state index is 6.63. The van der Waals surface area contributed by atoms with Gasteiger partial charge in [0.25, 0.3) is 0 Å². The molecule has 0 saturated carbocycles. The van der Waals surface area contributed by atoms with Crippen LogP contribution in [0.1, 0.15) is 13.8 Å². The molecule has 0 saturated heterocycles. The Kier molecular flexibility index (Phi) is 17.0. The average Bonchev–Trinajstić information content (AvgIpc) is 1.69. The third-order valence-corrected chi connectivity index (χ3v) is 0.775. The van der Waals surface area contributed by atoms with Gasteiger partial charge in [-0.2, -0.15) is 0 Å². The predicted octanol–water partition coefficient (Wildman–Crippen LogP) is 3.48. The molecule has 0 fully saturated rings. The Hall–Kier alpha value is 1.39. The molecule has 0 spiro atoms. The number of nitrogens with one attached hydrogen (secondary N) is 1. The van der Waals surface area contributed by atoms with Gasteiger partial charge in [0.05, 0.1) is 0 Å². The molecule has 0 unspecified atom stereocenters. The average molecular weight is 208 g/mol. The Morgan fingerprint density at radius 3 is 1.62 bits per heavy atom. The van der Waals surface area contributed by atoms with Crippen molar-refractivity contribution in [2.24, 2.45) is 0 Å². The van der Waals surface area contributed by atoms with E-state index in [0.717, 1.165) is 8.37 Å². The first kappa shape index (κ1) is 12.1. The summed E-state index contributed by atoms with van der Waals surface area (Å²) in [6, 6.07) is 0. The van der Waals surface area contributed by atoms with Gasteiger partial charge in [0.15, 0.2) is 0 Å². The van der Waals surface area contributed by atoms with Crippen LogP contribution in [0.25, 0.3) is 0 Å². The zero-order valence-corrected chi connectivity index (χ0v) is 8.75. The van der Waals surface area contributed by atoms with Crippen molar-refractivity contribution in [2.75, 3.05) is 0 Å². The molecule has 0 aromatic heterocycles. The van der Waals surface area contributed by atoms with Crippen LogP contribution in [-0.4, -0.2) is 5.66 Å². The van der Waals surface area contributed by atoms with Crippen LogP contribution in [0.3, 0.4) is 0 Å². The van der Waals surface area contributed by atoms with E-state index in [1.54, 1.807) is 0 Å². The minimum absolute atomic E-state index is 0.523. The molecule has 0 atom stereocenters. The van der Waals surface area contributed by atoms with E-state index < -0.39 is 17.0 Å². The van der Waals surface area contributed by atoms with Crippen LogP contribution in [0.15, 0.2) is 0 Å². The van der Waals surface area contributed by atoms with Gasteiger partial charge in [-0.15, -0.1) is 0 Å². The molecule has 8 heavy (non-hydrogen) atoms. The first-order valence-electron chi connectivity index (χ1n) is 2.01. The fourth-order valence-corrected chi connectivity index (χ4v) is 0. The van der Waals surface area contributed by atoms with Gasteiger partial charge in [0, 0.05) is 14.0 Å². The maximum absolute atomic E-state index is 6.63. The van der Waals surface area contributed by atoms with Crippen LogP contribution < -0.4 is 0 Å². The van der Waals surface area contributed by atoms with Gasteiger partial charge in [0.2, 0.25) is 0 Å². The van der Waals surface area contributed by atoms with Gasteiger partial charge in [-0.25, -0.2) is 0 Å². The second-order valence-corrected chi connectivity index (χ2v) is 5.16. The Balaban J connectivity index is 0. The van der Waals surface area contributed by atoms with Gasteiger partial charge in [-0.05, 0) is 0 Å². The number of rotatable bonds is 1. The van der Waals surface area contributed by atoms with Crippen molar-refractivity contribution in [3.05, 3.63) is 0 Å². The first-order valence-corrected chi connectivity index (χ1v) is 7.28. The molecule has 5 heteroatoms. The van der Waals surface area contributed by atoms with Gasteiger partial charge in [-0.1, -0.05) is 13.8 Å². The molecular weight excluding hydrogens is 200 g/mol. The van der Waals surface area contributed by atoms with Crippen LogP contribution in [0.5, 0.6) is 0 Å². The summed E-state index contributed by atoms with van der Waals surface area (Å²) < 4.78 is 0. The quantitative estimate of drug-likeness (QED) is 0.503. The SMILES string of the molecule is CC(C)P=N.[Cl][Ti][Cl]. The molecule has 0 bridgehead atoms. The van der Waals surface area contributed by atoms with E-state index in [9.17, 15) is 0 Å². The van der Waals surface area contributed by atoms with Gasteiger partial charge >= 0.3 is 35.6 Å². The van der Waals surface area contributed by atoms with Crippen molar-refractivity contribution in [3.63, 3.8) is 0 Å². The molecule has 0 rings (SSSR count). The van der Waals surface area contributed by atoms with Gasteiger partial charge < -0.3 is 0 Å². The minimum atomic E-state index is -0.556. The molecule has 1 nitrogen and oxygen atoms in total. The van der Waals surface area contributed by atoms with E-state index in [-0.39, 0.29) is 0 Å². The van der Waals surface area contributed by atoms with Crippen LogP contribution in [0, 0.1) is 5.16 Å². The van der Waals surface area contributed by atoms with Gasteiger partial charge in [-0.3, -0.25) is 5.16 Å². The molecule has 0 aliphatic heterocycles. The topological polar surface area (TPSA) is 23.9 Å². The molecule has 1 N–H and O–H groups in total. The summed E-state index contributed by atoms with van der Waals surface area (Å²) in [5.41, 5.74) is 0.523. The van der Waals surface area contributed by atoms with Crippen molar-refractivity contribution in [1.29, 1.82) is 5.16 Å². The fourth-order valence-electron chi connectivity index (χ4n) is 0. The number of hydrogen-bond acceptors (Lipinski definition) is 1. The third-order valence-electron chi connectivity index (χ3n) is 0.258. The summed E-state index contributed by atoms with van der Waals surface area (Å²) in [6.45, 7) is 4.04. The van der Waals surface area contributed by atoms with Crippen molar-refractivity contribution < 1.29 is 17.0 Å². The molecule has 0 aliphatic rings.